The molecule has 5 rings (SSSR count). The number of benzene rings is 1. The van der Waals surface area contributed by atoms with E-state index in [0.29, 0.717) is 24.9 Å². The summed E-state index contributed by atoms with van der Waals surface area (Å²) in [5.74, 6) is 0.643. The molecule has 0 saturated carbocycles. The van der Waals surface area contributed by atoms with Gasteiger partial charge in [0.05, 0.1) is 0 Å². The van der Waals surface area contributed by atoms with Crippen molar-refractivity contribution < 1.29 is 4.79 Å². The SMILES string of the molecule is C=C(C)Nc1ccn(C(=O)N2CCN(Cc3ccc(C)cc3N3CCN4CCC[C@@H]4C3)CC2)n1. The van der Waals surface area contributed by atoms with E-state index < -0.39 is 0 Å². The first kappa shape index (κ1) is 22.9. The highest BCUT2D eigenvalue weighted by Gasteiger charge is 2.31. The van der Waals surface area contributed by atoms with Crippen molar-refractivity contribution in [2.45, 2.75) is 39.3 Å². The summed E-state index contributed by atoms with van der Waals surface area (Å²) in [5.41, 5.74) is 4.92. The molecular weight excluding hydrogens is 426 g/mol. The average Bonchev–Trinajstić information content (AvgIpc) is 3.49. The van der Waals surface area contributed by atoms with E-state index in [1.54, 1.807) is 12.3 Å². The number of hydrogen-bond acceptors (Lipinski definition) is 6. The number of carbonyl (C=O) groups excluding carboxylic acids is 1. The Morgan fingerprint density at radius 3 is 2.74 bits per heavy atom. The third-order valence-electron chi connectivity index (χ3n) is 7.33. The van der Waals surface area contributed by atoms with Gasteiger partial charge in [0.25, 0.3) is 0 Å². The van der Waals surface area contributed by atoms with Crippen molar-refractivity contribution in [3.05, 3.63) is 53.9 Å². The molecule has 3 saturated heterocycles. The molecule has 0 unspecified atom stereocenters. The van der Waals surface area contributed by atoms with Crippen LogP contribution in [0.1, 0.15) is 30.9 Å². The van der Waals surface area contributed by atoms with E-state index in [9.17, 15) is 4.79 Å². The Morgan fingerprint density at radius 1 is 1.12 bits per heavy atom. The molecule has 8 nitrogen and oxygen atoms in total. The quantitative estimate of drug-likeness (QED) is 0.735. The molecule has 0 radical (unpaired) electrons. The zero-order chi connectivity index (χ0) is 23.7. The second-order valence-electron chi connectivity index (χ2n) is 10.0. The Balaban J connectivity index is 1.20. The number of rotatable bonds is 5. The monoisotopic (exact) mass is 463 g/mol. The van der Waals surface area contributed by atoms with Crippen molar-refractivity contribution in [3.63, 3.8) is 0 Å². The van der Waals surface area contributed by atoms with Gasteiger partial charge in [-0.25, -0.2) is 4.79 Å². The molecule has 182 valence electrons. The van der Waals surface area contributed by atoms with Crippen LogP contribution in [0.15, 0.2) is 42.7 Å². The highest BCUT2D eigenvalue weighted by atomic mass is 16.2. The molecule has 4 heterocycles. The van der Waals surface area contributed by atoms with Crippen molar-refractivity contribution in [3.8, 4) is 0 Å². The lowest BCUT2D eigenvalue weighted by Gasteiger charge is -2.40. The van der Waals surface area contributed by atoms with E-state index in [0.717, 1.165) is 38.4 Å². The largest absolute Gasteiger partial charge is 0.368 e. The molecule has 0 bridgehead atoms. The number of amides is 1. The Hall–Kier alpha value is -2.84. The minimum absolute atomic E-state index is 0.0696. The van der Waals surface area contributed by atoms with Crippen LogP contribution in [0.5, 0.6) is 0 Å². The fourth-order valence-electron chi connectivity index (χ4n) is 5.51. The van der Waals surface area contributed by atoms with Crippen molar-refractivity contribution in [2.75, 3.05) is 62.6 Å². The third kappa shape index (κ3) is 4.98. The lowest BCUT2D eigenvalue weighted by molar-refractivity contribution is 0.134. The number of hydrogen-bond donors (Lipinski definition) is 1. The van der Waals surface area contributed by atoms with Crippen LogP contribution in [0.4, 0.5) is 16.3 Å². The maximum Gasteiger partial charge on any atom is 0.344 e. The summed E-state index contributed by atoms with van der Waals surface area (Å²) < 4.78 is 1.42. The molecule has 8 heteroatoms. The van der Waals surface area contributed by atoms with E-state index in [4.69, 9.17) is 0 Å². The maximum absolute atomic E-state index is 12.9. The predicted octanol–water partition coefficient (Wildman–Crippen LogP) is 3.21. The Morgan fingerprint density at radius 2 is 1.94 bits per heavy atom. The summed E-state index contributed by atoms with van der Waals surface area (Å²) in [7, 11) is 0. The van der Waals surface area contributed by atoms with Crippen molar-refractivity contribution >= 4 is 17.5 Å². The molecule has 1 N–H and O–H groups in total. The van der Waals surface area contributed by atoms with Crippen LogP contribution in [-0.2, 0) is 6.54 Å². The van der Waals surface area contributed by atoms with Gasteiger partial charge in [0, 0.05) is 82.0 Å². The zero-order valence-electron chi connectivity index (χ0n) is 20.5. The van der Waals surface area contributed by atoms with Gasteiger partial charge in [-0.05, 0) is 50.4 Å². The summed E-state index contributed by atoms with van der Waals surface area (Å²) in [5, 5.41) is 7.39. The molecule has 1 atom stereocenters. The number of nitrogens with one attached hydrogen (secondary N) is 1. The van der Waals surface area contributed by atoms with Gasteiger partial charge in [0.2, 0.25) is 0 Å². The molecule has 0 spiro atoms. The molecular formula is C26H37N7O. The number of anilines is 2. The summed E-state index contributed by atoms with van der Waals surface area (Å²) in [6.45, 7) is 16.7. The molecule has 3 aliphatic heterocycles. The fraction of sp³-hybridized carbons (Fsp3) is 0.538. The first-order chi connectivity index (χ1) is 16.5. The van der Waals surface area contributed by atoms with Crippen LogP contribution in [0.3, 0.4) is 0 Å². The molecule has 1 amide bonds. The second kappa shape index (κ2) is 9.80. The molecule has 3 fully saturated rings. The normalized spacial score (nSPS) is 21.5. The van der Waals surface area contributed by atoms with Gasteiger partial charge in [0.1, 0.15) is 0 Å². The summed E-state index contributed by atoms with van der Waals surface area (Å²) in [6, 6.07) is 9.35. The topological polar surface area (TPSA) is 59.9 Å². The van der Waals surface area contributed by atoms with Crippen molar-refractivity contribution in [2.24, 2.45) is 0 Å². The van der Waals surface area contributed by atoms with E-state index in [2.05, 4.69) is 56.8 Å². The Bertz CT molecular complexity index is 1040. The zero-order valence-corrected chi connectivity index (χ0v) is 20.5. The lowest BCUT2D eigenvalue weighted by atomic mass is 10.0. The van der Waals surface area contributed by atoms with Gasteiger partial charge in [-0.3, -0.25) is 9.80 Å². The van der Waals surface area contributed by atoms with Crippen LogP contribution in [0.2, 0.25) is 0 Å². The minimum Gasteiger partial charge on any atom is -0.368 e. The highest BCUT2D eigenvalue weighted by Crippen LogP contribution is 2.29. The average molecular weight is 464 g/mol. The van der Waals surface area contributed by atoms with Gasteiger partial charge >= 0.3 is 6.03 Å². The van der Waals surface area contributed by atoms with Crippen molar-refractivity contribution in [1.29, 1.82) is 0 Å². The van der Waals surface area contributed by atoms with Gasteiger partial charge < -0.3 is 15.1 Å². The summed E-state index contributed by atoms with van der Waals surface area (Å²) in [6.07, 6.45) is 4.38. The summed E-state index contributed by atoms with van der Waals surface area (Å²) in [4.78, 5) is 22.5. The fourth-order valence-corrected chi connectivity index (χ4v) is 5.51. The molecule has 1 aromatic carbocycles. The van der Waals surface area contributed by atoms with Gasteiger partial charge in [-0.15, -0.1) is 5.10 Å². The minimum atomic E-state index is -0.0696. The van der Waals surface area contributed by atoms with Crippen LogP contribution >= 0.6 is 0 Å². The van der Waals surface area contributed by atoms with E-state index in [1.807, 2.05) is 11.8 Å². The number of allylic oxidation sites excluding steroid dienone is 1. The van der Waals surface area contributed by atoms with E-state index in [-0.39, 0.29) is 6.03 Å². The number of fused-ring (bicyclic) bond motifs is 1. The first-order valence-electron chi connectivity index (χ1n) is 12.5. The van der Waals surface area contributed by atoms with E-state index >= 15 is 0 Å². The maximum atomic E-state index is 12.9. The lowest BCUT2D eigenvalue weighted by Crippen LogP contribution is -2.51. The van der Waals surface area contributed by atoms with Crippen LogP contribution in [0.25, 0.3) is 0 Å². The molecule has 2 aromatic rings. The second-order valence-corrected chi connectivity index (χ2v) is 10.0. The van der Waals surface area contributed by atoms with Crippen molar-refractivity contribution in [1.82, 2.24) is 24.5 Å². The first-order valence-corrected chi connectivity index (χ1v) is 12.5. The highest BCUT2D eigenvalue weighted by molar-refractivity contribution is 5.76. The molecule has 1 aromatic heterocycles. The number of aryl methyl sites for hydroxylation is 1. The predicted molar refractivity (Wildman–Crippen MR) is 136 cm³/mol. The van der Waals surface area contributed by atoms with Crippen LogP contribution in [0, 0.1) is 6.92 Å². The van der Waals surface area contributed by atoms with Crippen LogP contribution < -0.4 is 10.2 Å². The molecule has 34 heavy (non-hydrogen) atoms. The number of aromatic nitrogens is 2. The van der Waals surface area contributed by atoms with Gasteiger partial charge in [0.15, 0.2) is 5.82 Å². The third-order valence-corrected chi connectivity index (χ3v) is 7.33. The summed E-state index contributed by atoms with van der Waals surface area (Å²) >= 11 is 0. The molecule has 0 aliphatic carbocycles. The van der Waals surface area contributed by atoms with Gasteiger partial charge in [-0.1, -0.05) is 18.7 Å². The van der Waals surface area contributed by atoms with E-state index in [1.165, 1.54) is 47.4 Å². The van der Waals surface area contributed by atoms with Crippen LogP contribution in [-0.4, -0.2) is 88.9 Å². The Labute approximate surface area is 202 Å². The smallest absolute Gasteiger partial charge is 0.344 e. The standard InChI is InChI=1S/C26H37N7O/c1-20(2)27-25-8-10-33(28-25)26(34)31-13-11-29(12-14-31)18-22-7-6-21(3)17-24(22)32-16-15-30-9-4-5-23(30)19-32/h6-8,10,17,23H,1,4-5,9,11-16,18-19H2,2-3H3,(H,27,28)/t23-/m1/s1. The number of nitrogens with zero attached hydrogens (tertiary/aromatic N) is 6. The number of piperazine rings is 2. The molecule has 3 aliphatic rings. The Kier molecular flexibility index (Phi) is 6.61. The van der Waals surface area contributed by atoms with Gasteiger partial charge in [-0.2, -0.15) is 4.68 Å². The number of carbonyl (C=O) groups is 1.